The van der Waals surface area contributed by atoms with Crippen LogP contribution in [0.4, 0.5) is 11.4 Å². The zero-order valence-electron chi connectivity index (χ0n) is 11.5. The molecule has 2 aromatic rings. The molecule has 0 aliphatic rings. The van der Waals surface area contributed by atoms with E-state index in [2.05, 4.69) is 5.32 Å². The first-order chi connectivity index (χ1) is 9.88. The summed E-state index contributed by atoms with van der Waals surface area (Å²) in [6.45, 7) is 3.45. The molecule has 1 N–H and O–H groups in total. The number of carbonyl (C=O) groups is 1. The topological polar surface area (TPSA) is 72.2 Å². The maximum atomic E-state index is 12.2. The summed E-state index contributed by atoms with van der Waals surface area (Å²) < 4.78 is 0. The van der Waals surface area contributed by atoms with Gasteiger partial charge in [0.2, 0.25) is 0 Å². The van der Waals surface area contributed by atoms with Gasteiger partial charge in [-0.1, -0.05) is 17.7 Å². The first-order valence-electron chi connectivity index (χ1n) is 6.21. The van der Waals surface area contributed by atoms with Crippen LogP contribution in [-0.4, -0.2) is 10.8 Å². The Balaban J connectivity index is 2.28. The lowest BCUT2D eigenvalue weighted by Gasteiger charge is -2.09. The van der Waals surface area contributed by atoms with Gasteiger partial charge >= 0.3 is 0 Å². The van der Waals surface area contributed by atoms with Gasteiger partial charge in [-0.15, -0.1) is 0 Å². The van der Waals surface area contributed by atoms with Gasteiger partial charge in [0.1, 0.15) is 0 Å². The Morgan fingerprint density at radius 1 is 1.14 bits per heavy atom. The summed E-state index contributed by atoms with van der Waals surface area (Å²) in [6.07, 6.45) is 0. The van der Waals surface area contributed by atoms with Gasteiger partial charge in [0.15, 0.2) is 0 Å². The molecule has 0 heterocycles. The number of carbonyl (C=O) groups excluding carboxylic acids is 1. The second-order valence-electron chi connectivity index (χ2n) is 4.67. The van der Waals surface area contributed by atoms with Crippen LogP contribution in [0.25, 0.3) is 0 Å². The molecule has 0 saturated carbocycles. The lowest BCUT2D eigenvalue weighted by molar-refractivity contribution is -0.385. The summed E-state index contributed by atoms with van der Waals surface area (Å²) in [4.78, 5) is 22.6. The first kappa shape index (κ1) is 15.0. The Labute approximate surface area is 126 Å². The highest BCUT2D eigenvalue weighted by Crippen LogP contribution is 2.22. The van der Waals surface area contributed by atoms with Crippen LogP contribution in [0.5, 0.6) is 0 Å². The van der Waals surface area contributed by atoms with Crippen molar-refractivity contribution in [2.45, 2.75) is 13.8 Å². The fourth-order valence-corrected chi connectivity index (χ4v) is 2.14. The molecule has 0 saturated heterocycles. The molecular formula is C15H13ClN2O3. The molecule has 0 fully saturated rings. The minimum Gasteiger partial charge on any atom is -0.322 e. The Morgan fingerprint density at radius 3 is 2.48 bits per heavy atom. The Bertz CT molecular complexity index is 729. The molecule has 0 spiro atoms. The van der Waals surface area contributed by atoms with E-state index in [9.17, 15) is 14.9 Å². The highest BCUT2D eigenvalue weighted by atomic mass is 35.5. The second kappa shape index (κ2) is 5.93. The molecule has 0 atom stereocenters. The largest absolute Gasteiger partial charge is 0.322 e. The van der Waals surface area contributed by atoms with Crippen molar-refractivity contribution in [1.82, 2.24) is 0 Å². The van der Waals surface area contributed by atoms with Gasteiger partial charge in [-0.2, -0.15) is 0 Å². The number of nitrogens with one attached hydrogen (secondary N) is 1. The monoisotopic (exact) mass is 304 g/mol. The third-order valence-corrected chi connectivity index (χ3v) is 3.34. The van der Waals surface area contributed by atoms with E-state index in [-0.39, 0.29) is 11.3 Å². The SMILES string of the molecule is Cc1cc(Cl)ccc1NC(=O)c1ccc(C)c([N+](=O)[O-])c1. The van der Waals surface area contributed by atoms with Crippen LogP contribution in [0, 0.1) is 24.0 Å². The van der Waals surface area contributed by atoms with Gasteiger partial charge in [-0.3, -0.25) is 14.9 Å². The molecule has 0 aromatic heterocycles. The maximum Gasteiger partial charge on any atom is 0.273 e. The standard InChI is InChI=1S/C15H13ClN2O3/c1-9-3-4-11(8-14(9)18(20)21)15(19)17-13-6-5-12(16)7-10(13)2/h3-8H,1-2H3,(H,17,19). The average Bonchev–Trinajstić information content (AvgIpc) is 2.42. The second-order valence-corrected chi connectivity index (χ2v) is 5.11. The van der Waals surface area contributed by atoms with E-state index in [1.807, 2.05) is 6.92 Å². The van der Waals surface area contributed by atoms with Crippen LogP contribution >= 0.6 is 11.6 Å². The number of nitrogens with zero attached hydrogens (tertiary/aromatic N) is 1. The maximum absolute atomic E-state index is 12.2. The van der Waals surface area contributed by atoms with E-state index in [0.717, 1.165) is 5.56 Å². The van der Waals surface area contributed by atoms with E-state index in [1.54, 1.807) is 37.3 Å². The number of nitro benzene ring substituents is 1. The number of halogens is 1. The van der Waals surface area contributed by atoms with E-state index in [0.29, 0.717) is 16.3 Å². The predicted molar refractivity (Wildman–Crippen MR) is 82.0 cm³/mol. The number of nitro groups is 1. The van der Waals surface area contributed by atoms with Crippen molar-refractivity contribution in [2.24, 2.45) is 0 Å². The lowest BCUT2D eigenvalue weighted by Crippen LogP contribution is -2.13. The van der Waals surface area contributed by atoms with Gasteiger partial charge in [0, 0.05) is 27.9 Å². The molecule has 0 radical (unpaired) electrons. The summed E-state index contributed by atoms with van der Waals surface area (Å²) in [7, 11) is 0. The number of anilines is 1. The van der Waals surface area contributed by atoms with Crippen molar-refractivity contribution in [1.29, 1.82) is 0 Å². The van der Waals surface area contributed by atoms with Gasteiger partial charge in [-0.25, -0.2) is 0 Å². The van der Waals surface area contributed by atoms with Crippen molar-refractivity contribution in [2.75, 3.05) is 5.32 Å². The van der Waals surface area contributed by atoms with Gasteiger partial charge in [-0.05, 0) is 43.7 Å². The molecule has 108 valence electrons. The molecule has 2 rings (SSSR count). The van der Waals surface area contributed by atoms with E-state index < -0.39 is 10.8 Å². The number of aryl methyl sites for hydroxylation is 2. The Kier molecular flexibility index (Phi) is 4.23. The molecule has 1 amide bonds. The molecule has 6 heteroatoms. The Hall–Kier alpha value is -2.40. The molecule has 0 aliphatic carbocycles. The van der Waals surface area contributed by atoms with Crippen LogP contribution in [0.3, 0.4) is 0 Å². The average molecular weight is 305 g/mol. The number of hydrogen-bond acceptors (Lipinski definition) is 3. The zero-order valence-corrected chi connectivity index (χ0v) is 12.3. The first-order valence-corrected chi connectivity index (χ1v) is 6.59. The third kappa shape index (κ3) is 3.38. The molecule has 0 bridgehead atoms. The normalized spacial score (nSPS) is 10.2. The summed E-state index contributed by atoms with van der Waals surface area (Å²) in [5, 5.41) is 14.2. The van der Waals surface area contributed by atoms with Crippen LogP contribution in [-0.2, 0) is 0 Å². The number of benzene rings is 2. The van der Waals surface area contributed by atoms with Crippen molar-refractivity contribution in [3.8, 4) is 0 Å². The fourth-order valence-electron chi connectivity index (χ4n) is 1.91. The van der Waals surface area contributed by atoms with Crippen molar-refractivity contribution >= 4 is 28.9 Å². The van der Waals surface area contributed by atoms with Crippen molar-refractivity contribution in [3.63, 3.8) is 0 Å². The summed E-state index contributed by atoms with van der Waals surface area (Å²) >= 11 is 5.86. The van der Waals surface area contributed by atoms with E-state index in [1.165, 1.54) is 6.07 Å². The summed E-state index contributed by atoms with van der Waals surface area (Å²) in [5.41, 5.74) is 2.11. The van der Waals surface area contributed by atoms with Crippen LogP contribution in [0.1, 0.15) is 21.5 Å². The summed E-state index contributed by atoms with van der Waals surface area (Å²) in [5.74, 6) is -0.400. The van der Waals surface area contributed by atoms with Crippen LogP contribution in [0.15, 0.2) is 36.4 Å². The molecule has 0 aliphatic heterocycles. The zero-order chi connectivity index (χ0) is 15.6. The minimum absolute atomic E-state index is 0.0736. The molecule has 5 nitrogen and oxygen atoms in total. The van der Waals surface area contributed by atoms with Crippen molar-refractivity contribution < 1.29 is 9.72 Å². The quantitative estimate of drug-likeness (QED) is 0.685. The highest BCUT2D eigenvalue weighted by molar-refractivity contribution is 6.30. The summed E-state index contributed by atoms with van der Waals surface area (Å²) in [6, 6.07) is 9.48. The van der Waals surface area contributed by atoms with Crippen LogP contribution in [0.2, 0.25) is 5.02 Å². The minimum atomic E-state index is -0.500. The Morgan fingerprint density at radius 2 is 1.86 bits per heavy atom. The van der Waals surface area contributed by atoms with Crippen LogP contribution < -0.4 is 5.32 Å². The molecule has 21 heavy (non-hydrogen) atoms. The molecule has 0 unspecified atom stereocenters. The van der Waals surface area contributed by atoms with E-state index in [4.69, 9.17) is 11.6 Å². The van der Waals surface area contributed by atoms with Crippen molar-refractivity contribution in [3.05, 3.63) is 68.2 Å². The number of hydrogen-bond donors (Lipinski definition) is 1. The molecule has 2 aromatic carbocycles. The fraction of sp³-hybridized carbons (Fsp3) is 0.133. The smallest absolute Gasteiger partial charge is 0.273 e. The van der Waals surface area contributed by atoms with Gasteiger partial charge in [0.25, 0.3) is 11.6 Å². The number of amides is 1. The van der Waals surface area contributed by atoms with Gasteiger partial charge in [0.05, 0.1) is 4.92 Å². The molecular weight excluding hydrogens is 292 g/mol. The third-order valence-electron chi connectivity index (χ3n) is 3.10. The lowest BCUT2D eigenvalue weighted by atomic mass is 10.1. The van der Waals surface area contributed by atoms with E-state index >= 15 is 0 Å². The highest BCUT2D eigenvalue weighted by Gasteiger charge is 2.15. The number of rotatable bonds is 3. The van der Waals surface area contributed by atoms with Gasteiger partial charge < -0.3 is 5.32 Å². The predicted octanol–water partition coefficient (Wildman–Crippen LogP) is 4.12.